The molecule has 3 aliphatic heterocycles. The fraction of sp³-hybridized carbons (Fsp3) is 0.522. The summed E-state index contributed by atoms with van der Waals surface area (Å²) >= 11 is 0. The molecule has 5 rings (SSSR count). The van der Waals surface area contributed by atoms with E-state index >= 15 is 0 Å². The molecule has 0 aromatic carbocycles. The van der Waals surface area contributed by atoms with Gasteiger partial charge in [0, 0.05) is 47.5 Å². The van der Waals surface area contributed by atoms with Crippen molar-refractivity contribution in [2.24, 2.45) is 17.8 Å². The Morgan fingerprint density at radius 3 is 2.96 bits per heavy atom. The summed E-state index contributed by atoms with van der Waals surface area (Å²) in [7, 11) is 0. The molecule has 0 bridgehead atoms. The number of hydrogen-bond donors (Lipinski definition) is 1. The van der Waals surface area contributed by atoms with Gasteiger partial charge in [0.1, 0.15) is 5.78 Å². The molecule has 3 heterocycles. The molecular weight excluding hydrogens is 320 g/mol. The van der Waals surface area contributed by atoms with Crippen molar-refractivity contribution in [1.82, 2.24) is 10.2 Å². The summed E-state index contributed by atoms with van der Waals surface area (Å²) in [6.07, 6.45) is 17.0. The molecule has 3 nitrogen and oxygen atoms in total. The molecule has 0 radical (unpaired) electrons. The number of ketones is 1. The summed E-state index contributed by atoms with van der Waals surface area (Å²) in [6, 6.07) is 0.443. The summed E-state index contributed by atoms with van der Waals surface area (Å²) in [5.41, 5.74) is 7.19. The van der Waals surface area contributed by atoms with Gasteiger partial charge in [0.25, 0.3) is 0 Å². The molecule has 3 atom stereocenters. The fourth-order valence-electron chi connectivity index (χ4n) is 5.59. The van der Waals surface area contributed by atoms with Crippen molar-refractivity contribution in [2.45, 2.75) is 52.0 Å². The summed E-state index contributed by atoms with van der Waals surface area (Å²) in [4.78, 5) is 15.6. The largest absolute Gasteiger partial charge is 0.387 e. The average molecular weight is 348 g/mol. The predicted octanol–water partition coefficient (Wildman–Crippen LogP) is 4.23. The van der Waals surface area contributed by atoms with E-state index in [1.165, 1.54) is 34.5 Å². The van der Waals surface area contributed by atoms with Crippen LogP contribution in [0, 0.1) is 17.8 Å². The van der Waals surface area contributed by atoms with Crippen molar-refractivity contribution in [2.75, 3.05) is 6.54 Å². The lowest BCUT2D eigenvalue weighted by atomic mass is 9.74. The Balaban J connectivity index is 1.69. The molecule has 136 valence electrons. The summed E-state index contributed by atoms with van der Waals surface area (Å²) in [6.45, 7) is 5.01. The van der Waals surface area contributed by atoms with Crippen LogP contribution in [0.3, 0.4) is 0 Å². The maximum atomic E-state index is 13.0. The summed E-state index contributed by atoms with van der Waals surface area (Å²) in [5, 5.41) is 3.43. The Hall–Kier alpha value is -2.03. The van der Waals surface area contributed by atoms with Crippen LogP contribution in [0.5, 0.6) is 0 Å². The van der Waals surface area contributed by atoms with Gasteiger partial charge in [-0.15, -0.1) is 0 Å². The molecule has 0 aromatic heterocycles. The highest BCUT2D eigenvalue weighted by atomic mass is 16.1. The molecular formula is C23H28N2O. The van der Waals surface area contributed by atoms with E-state index in [0.717, 1.165) is 32.2 Å². The van der Waals surface area contributed by atoms with Crippen LogP contribution in [-0.4, -0.2) is 23.3 Å². The molecule has 0 spiro atoms. The first-order chi connectivity index (χ1) is 12.7. The van der Waals surface area contributed by atoms with Crippen LogP contribution in [0.15, 0.2) is 58.6 Å². The minimum atomic E-state index is 0.110. The zero-order valence-electron chi connectivity index (χ0n) is 15.8. The lowest BCUT2D eigenvalue weighted by molar-refractivity contribution is -0.125. The number of nitrogens with one attached hydrogen (secondary N) is 1. The van der Waals surface area contributed by atoms with Crippen molar-refractivity contribution in [3.05, 3.63) is 58.6 Å². The van der Waals surface area contributed by atoms with Crippen molar-refractivity contribution < 1.29 is 4.79 Å². The number of rotatable bonds is 2. The van der Waals surface area contributed by atoms with Crippen LogP contribution in [0.25, 0.3) is 0 Å². The number of carbonyl (C=O) groups excluding carboxylic acids is 1. The van der Waals surface area contributed by atoms with Gasteiger partial charge in [-0.2, -0.15) is 0 Å². The van der Waals surface area contributed by atoms with Crippen LogP contribution in [0.4, 0.5) is 0 Å². The number of allylic oxidation sites excluding steroid dienone is 5. The van der Waals surface area contributed by atoms with E-state index in [-0.39, 0.29) is 11.8 Å². The second kappa shape index (κ2) is 6.00. The quantitative estimate of drug-likeness (QED) is 0.811. The van der Waals surface area contributed by atoms with Crippen LogP contribution >= 0.6 is 0 Å². The van der Waals surface area contributed by atoms with Gasteiger partial charge in [-0.25, -0.2) is 0 Å². The predicted molar refractivity (Wildman–Crippen MR) is 104 cm³/mol. The Kier molecular flexibility index (Phi) is 3.73. The molecule has 5 aliphatic rings. The topological polar surface area (TPSA) is 32.3 Å². The molecule has 1 fully saturated rings. The summed E-state index contributed by atoms with van der Waals surface area (Å²) in [5.74, 6) is 1.12. The number of fused-ring (bicyclic) bond motifs is 5. The molecule has 0 saturated carbocycles. The van der Waals surface area contributed by atoms with Gasteiger partial charge >= 0.3 is 0 Å². The van der Waals surface area contributed by atoms with Crippen LogP contribution in [0.2, 0.25) is 0 Å². The van der Waals surface area contributed by atoms with E-state index in [9.17, 15) is 4.79 Å². The monoisotopic (exact) mass is 348 g/mol. The standard InChI is InChI=1S/C23H28N2O/c1-14(2)23(26)18-10-9-17-19-13-24-12-11-21(19)25-20-6-4-3-5-15(20)7-8-16(18)22(17)25/h3,5,7,11,13-14,17-18,20,24H,4,6,8-10,12H2,1-2H3. The number of nitrogens with zero attached hydrogens (tertiary/aromatic N) is 1. The lowest BCUT2D eigenvalue weighted by Gasteiger charge is -2.37. The second-order valence-corrected chi connectivity index (χ2v) is 8.52. The Morgan fingerprint density at radius 2 is 2.12 bits per heavy atom. The first-order valence-corrected chi connectivity index (χ1v) is 10.2. The minimum absolute atomic E-state index is 0.110. The van der Waals surface area contributed by atoms with Gasteiger partial charge in [-0.3, -0.25) is 4.79 Å². The van der Waals surface area contributed by atoms with Gasteiger partial charge in [0.2, 0.25) is 0 Å². The van der Waals surface area contributed by atoms with Gasteiger partial charge in [0.05, 0.1) is 6.04 Å². The molecule has 3 heteroatoms. The summed E-state index contributed by atoms with van der Waals surface area (Å²) < 4.78 is 0. The van der Waals surface area contributed by atoms with E-state index in [2.05, 4.69) is 54.6 Å². The number of Topliss-reactive ketones (excluding diaryl/α,β-unsaturated/α-hetero) is 1. The molecule has 26 heavy (non-hydrogen) atoms. The third-order valence-corrected chi connectivity index (χ3v) is 6.77. The second-order valence-electron chi connectivity index (χ2n) is 8.52. The SMILES string of the molecule is CC(C)C(=O)C1CCC2C3=CNCC=C3N3C2=C1CC=C1C=CCCC13. The molecule has 0 amide bonds. The van der Waals surface area contributed by atoms with Crippen molar-refractivity contribution in [1.29, 1.82) is 0 Å². The third kappa shape index (κ3) is 2.22. The highest BCUT2D eigenvalue weighted by Gasteiger charge is 2.48. The Labute approximate surface area is 156 Å². The smallest absolute Gasteiger partial charge is 0.142 e. The van der Waals surface area contributed by atoms with E-state index in [4.69, 9.17) is 0 Å². The van der Waals surface area contributed by atoms with Crippen molar-refractivity contribution in [3.63, 3.8) is 0 Å². The van der Waals surface area contributed by atoms with Gasteiger partial charge < -0.3 is 10.2 Å². The van der Waals surface area contributed by atoms with Crippen molar-refractivity contribution in [3.8, 4) is 0 Å². The molecule has 1 saturated heterocycles. The Morgan fingerprint density at radius 1 is 1.23 bits per heavy atom. The number of carbonyl (C=O) groups is 1. The number of dihydropyridines is 1. The molecule has 2 aliphatic carbocycles. The number of hydrogen-bond acceptors (Lipinski definition) is 3. The third-order valence-electron chi connectivity index (χ3n) is 6.77. The fourth-order valence-corrected chi connectivity index (χ4v) is 5.59. The van der Waals surface area contributed by atoms with Crippen molar-refractivity contribution >= 4 is 5.78 Å². The van der Waals surface area contributed by atoms with Gasteiger partial charge in [-0.1, -0.05) is 32.1 Å². The maximum Gasteiger partial charge on any atom is 0.142 e. The van der Waals surface area contributed by atoms with Crippen LogP contribution in [-0.2, 0) is 4.79 Å². The van der Waals surface area contributed by atoms with Gasteiger partial charge in [-0.05, 0) is 49.3 Å². The first-order valence-electron chi connectivity index (χ1n) is 10.2. The van der Waals surface area contributed by atoms with E-state index < -0.39 is 0 Å². The highest BCUT2D eigenvalue weighted by Crippen LogP contribution is 2.54. The zero-order valence-corrected chi connectivity index (χ0v) is 15.8. The Bertz CT molecular complexity index is 808. The average Bonchev–Trinajstić information content (AvgIpc) is 2.89. The van der Waals surface area contributed by atoms with E-state index in [0.29, 0.717) is 17.7 Å². The first kappa shape index (κ1) is 16.2. The van der Waals surface area contributed by atoms with E-state index in [1.807, 2.05) is 0 Å². The minimum Gasteiger partial charge on any atom is -0.387 e. The highest BCUT2D eigenvalue weighted by molar-refractivity contribution is 5.86. The van der Waals surface area contributed by atoms with E-state index in [1.54, 1.807) is 0 Å². The van der Waals surface area contributed by atoms with Crippen LogP contribution in [0.1, 0.15) is 46.0 Å². The lowest BCUT2D eigenvalue weighted by Crippen LogP contribution is -2.36. The van der Waals surface area contributed by atoms with Crippen LogP contribution < -0.4 is 5.32 Å². The van der Waals surface area contributed by atoms with Gasteiger partial charge in [0.15, 0.2) is 0 Å². The normalized spacial score (nSPS) is 32.0. The zero-order chi connectivity index (χ0) is 17.8. The maximum absolute atomic E-state index is 13.0. The molecule has 3 unspecified atom stereocenters. The molecule has 0 aromatic rings. The molecule has 1 N–H and O–H groups in total.